The maximum Gasteiger partial charge on any atom is 0.156 e. The molecule has 0 saturated heterocycles. The van der Waals surface area contributed by atoms with Crippen molar-refractivity contribution < 1.29 is 0 Å². The topological polar surface area (TPSA) is 37.8 Å². The molecule has 1 aliphatic rings. The second kappa shape index (κ2) is 6.27. The van der Waals surface area contributed by atoms with Crippen molar-refractivity contribution in [1.29, 1.82) is 0 Å². The van der Waals surface area contributed by atoms with Gasteiger partial charge in [-0.25, -0.2) is 0 Å². The number of aromatic nitrogens is 2. The summed E-state index contributed by atoms with van der Waals surface area (Å²) < 4.78 is 0. The molecule has 2 aromatic heterocycles. The molecule has 0 aliphatic heterocycles. The van der Waals surface area contributed by atoms with Crippen LogP contribution in [0.4, 0.5) is 5.82 Å². The molecule has 3 nitrogen and oxygen atoms in total. The second-order valence-electron chi connectivity index (χ2n) is 5.85. The first-order valence-electron chi connectivity index (χ1n) is 7.67. The molecule has 1 saturated carbocycles. The molecule has 0 atom stereocenters. The first-order chi connectivity index (χ1) is 11.2. The van der Waals surface area contributed by atoms with E-state index < -0.39 is 0 Å². The Hall–Kier alpha value is -1.36. The Morgan fingerprint density at radius 2 is 1.78 bits per heavy atom. The highest BCUT2D eigenvalue weighted by Gasteiger charge is 2.19. The van der Waals surface area contributed by atoms with Crippen molar-refractivity contribution in [2.75, 3.05) is 5.32 Å². The summed E-state index contributed by atoms with van der Waals surface area (Å²) in [6, 6.07) is 6.29. The predicted molar refractivity (Wildman–Crippen MR) is 98.7 cm³/mol. The number of anilines is 1. The summed E-state index contributed by atoms with van der Waals surface area (Å²) in [6.07, 6.45) is 4.89. The van der Waals surface area contributed by atoms with Crippen LogP contribution in [0.2, 0.25) is 10.0 Å². The van der Waals surface area contributed by atoms with E-state index in [0.717, 1.165) is 27.8 Å². The third-order valence-corrected chi connectivity index (χ3v) is 5.72. The Labute approximate surface area is 148 Å². The van der Waals surface area contributed by atoms with Gasteiger partial charge in [0.15, 0.2) is 5.82 Å². The maximum absolute atomic E-state index is 6.25. The zero-order chi connectivity index (χ0) is 15.8. The fraction of sp³-hybridized carbons (Fsp3) is 0.294. The number of halogens is 2. The molecule has 0 unspecified atom stereocenters. The number of benzene rings is 1. The highest BCUT2D eigenvalue weighted by Crippen LogP contribution is 2.37. The van der Waals surface area contributed by atoms with Crippen molar-refractivity contribution >= 4 is 51.1 Å². The summed E-state index contributed by atoms with van der Waals surface area (Å²) >= 11 is 14.1. The molecule has 1 aromatic carbocycles. The van der Waals surface area contributed by atoms with E-state index >= 15 is 0 Å². The molecule has 1 fully saturated rings. The predicted octanol–water partition coefficient (Wildman–Crippen LogP) is 6.02. The highest BCUT2D eigenvalue weighted by molar-refractivity contribution is 7.08. The van der Waals surface area contributed by atoms with Crippen LogP contribution in [-0.2, 0) is 0 Å². The van der Waals surface area contributed by atoms with E-state index in [0.29, 0.717) is 16.1 Å². The highest BCUT2D eigenvalue weighted by atomic mass is 35.5. The third kappa shape index (κ3) is 2.91. The number of hydrogen-bond donors (Lipinski definition) is 1. The minimum Gasteiger partial charge on any atom is -0.365 e. The Morgan fingerprint density at radius 3 is 2.48 bits per heavy atom. The number of fused-ring (bicyclic) bond motifs is 1. The van der Waals surface area contributed by atoms with Crippen molar-refractivity contribution in [3.8, 4) is 11.3 Å². The third-order valence-electron chi connectivity index (χ3n) is 4.31. The molecule has 4 rings (SSSR count). The molecule has 23 heavy (non-hydrogen) atoms. The summed E-state index contributed by atoms with van der Waals surface area (Å²) in [7, 11) is 0. The summed E-state index contributed by atoms with van der Waals surface area (Å²) in [5, 5.41) is 19.6. The van der Waals surface area contributed by atoms with E-state index in [2.05, 4.69) is 20.9 Å². The molecule has 0 radical (unpaired) electrons. The standard InChI is InChI=1S/C17H15Cl2N3S/c18-14-7-12-13(8-15(14)19)17(20-11-3-1-2-4-11)22-21-16(12)10-5-6-23-9-10/h5-9,11H,1-4H2,(H,20,22). The molecule has 1 aliphatic carbocycles. The minimum atomic E-state index is 0.467. The Morgan fingerprint density at radius 1 is 1.04 bits per heavy atom. The van der Waals surface area contributed by atoms with Crippen LogP contribution in [0.15, 0.2) is 29.0 Å². The first-order valence-corrected chi connectivity index (χ1v) is 9.37. The average Bonchev–Trinajstić information content (AvgIpc) is 3.22. The Kier molecular flexibility index (Phi) is 4.14. The van der Waals surface area contributed by atoms with Crippen LogP contribution in [0, 0.1) is 0 Å². The van der Waals surface area contributed by atoms with Gasteiger partial charge in [0.25, 0.3) is 0 Å². The van der Waals surface area contributed by atoms with Crippen molar-refractivity contribution in [2.24, 2.45) is 0 Å². The van der Waals surface area contributed by atoms with Crippen LogP contribution in [0.1, 0.15) is 25.7 Å². The van der Waals surface area contributed by atoms with E-state index in [-0.39, 0.29) is 0 Å². The van der Waals surface area contributed by atoms with Gasteiger partial charge in [0, 0.05) is 27.8 Å². The Bertz CT molecular complexity index is 843. The Balaban J connectivity index is 1.88. The van der Waals surface area contributed by atoms with Crippen molar-refractivity contribution in [3.05, 3.63) is 39.0 Å². The molecule has 0 amide bonds. The van der Waals surface area contributed by atoms with E-state index in [1.807, 2.05) is 23.6 Å². The van der Waals surface area contributed by atoms with E-state index in [9.17, 15) is 0 Å². The summed E-state index contributed by atoms with van der Waals surface area (Å²) in [4.78, 5) is 0. The van der Waals surface area contributed by atoms with Crippen LogP contribution in [-0.4, -0.2) is 16.2 Å². The van der Waals surface area contributed by atoms with Crippen molar-refractivity contribution in [1.82, 2.24) is 10.2 Å². The number of nitrogens with zero attached hydrogens (tertiary/aromatic N) is 2. The van der Waals surface area contributed by atoms with Crippen LogP contribution in [0.5, 0.6) is 0 Å². The average molecular weight is 364 g/mol. The lowest BCUT2D eigenvalue weighted by molar-refractivity contribution is 0.748. The molecule has 0 bridgehead atoms. The summed E-state index contributed by atoms with van der Waals surface area (Å²) in [5.41, 5.74) is 1.90. The van der Waals surface area contributed by atoms with Gasteiger partial charge in [-0.3, -0.25) is 0 Å². The van der Waals surface area contributed by atoms with Gasteiger partial charge in [0.2, 0.25) is 0 Å². The van der Waals surface area contributed by atoms with Gasteiger partial charge in [-0.05, 0) is 36.4 Å². The number of nitrogens with one attached hydrogen (secondary N) is 1. The van der Waals surface area contributed by atoms with Gasteiger partial charge in [-0.1, -0.05) is 36.0 Å². The molecule has 6 heteroatoms. The van der Waals surface area contributed by atoms with E-state index in [1.54, 1.807) is 11.3 Å². The second-order valence-corrected chi connectivity index (χ2v) is 7.44. The monoisotopic (exact) mass is 363 g/mol. The summed E-state index contributed by atoms with van der Waals surface area (Å²) in [6.45, 7) is 0. The molecule has 2 heterocycles. The zero-order valence-corrected chi connectivity index (χ0v) is 14.7. The molecular formula is C17H15Cl2N3S. The zero-order valence-electron chi connectivity index (χ0n) is 12.4. The van der Waals surface area contributed by atoms with Gasteiger partial charge in [-0.15, -0.1) is 10.2 Å². The quantitative estimate of drug-likeness (QED) is 0.618. The van der Waals surface area contributed by atoms with Crippen LogP contribution < -0.4 is 5.32 Å². The molecule has 1 N–H and O–H groups in total. The number of hydrogen-bond acceptors (Lipinski definition) is 4. The first kappa shape index (κ1) is 15.2. The van der Waals surface area contributed by atoms with Gasteiger partial charge < -0.3 is 5.32 Å². The molecule has 118 valence electrons. The van der Waals surface area contributed by atoms with E-state index in [1.165, 1.54) is 25.7 Å². The van der Waals surface area contributed by atoms with Crippen LogP contribution in [0.25, 0.3) is 22.0 Å². The fourth-order valence-corrected chi connectivity index (χ4v) is 4.10. The molecule has 0 spiro atoms. The van der Waals surface area contributed by atoms with Gasteiger partial charge in [-0.2, -0.15) is 11.3 Å². The molecular weight excluding hydrogens is 349 g/mol. The number of thiophene rings is 1. The normalized spacial score (nSPS) is 15.4. The van der Waals surface area contributed by atoms with Crippen LogP contribution >= 0.6 is 34.5 Å². The minimum absolute atomic E-state index is 0.467. The summed E-state index contributed by atoms with van der Waals surface area (Å²) in [5.74, 6) is 0.796. The SMILES string of the molecule is Clc1cc2c(NC3CCCC3)nnc(-c3ccsc3)c2cc1Cl. The van der Waals surface area contributed by atoms with E-state index in [4.69, 9.17) is 23.2 Å². The van der Waals surface area contributed by atoms with Crippen molar-refractivity contribution in [2.45, 2.75) is 31.7 Å². The fourth-order valence-electron chi connectivity index (χ4n) is 3.13. The van der Waals surface area contributed by atoms with Gasteiger partial charge in [0.05, 0.1) is 10.0 Å². The number of rotatable bonds is 3. The maximum atomic E-state index is 6.25. The lowest BCUT2D eigenvalue weighted by atomic mass is 10.1. The molecule has 3 aromatic rings. The lowest BCUT2D eigenvalue weighted by Gasteiger charge is -2.15. The van der Waals surface area contributed by atoms with Crippen LogP contribution in [0.3, 0.4) is 0 Å². The smallest absolute Gasteiger partial charge is 0.156 e. The van der Waals surface area contributed by atoms with Gasteiger partial charge >= 0.3 is 0 Å². The lowest BCUT2D eigenvalue weighted by Crippen LogP contribution is -2.16. The van der Waals surface area contributed by atoms with Crippen molar-refractivity contribution in [3.63, 3.8) is 0 Å². The van der Waals surface area contributed by atoms with Gasteiger partial charge in [0.1, 0.15) is 5.69 Å². The largest absolute Gasteiger partial charge is 0.365 e.